The Labute approximate surface area is 326 Å². The Morgan fingerprint density at radius 3 is 1.65 bits per heavy atom. The molecule has 57 heavy (non-hydrogen) atoms. The number of ether oxygens (including phenoxy) is 1. The molecule has 0 unspecified atom stereocenters. The molecule has 2 atom stereocenters. The van der Waals surface area contributed by atoms with Gasteiger partial charge in [-0.25, -0.2) is 18.7 Å². The second-order valence-corrected chi connectivity index (χ2v) is 15.2. The first-order valence-electron chi connectivity index (χ1n) is 17.3. The highest BCUT2D eigenvalue weighted by Crippen LogP contribution is 2.34. The number of thiazole rings is 2. The lowest BCUT2D eigenvalue weighted by Gasteiger charge is -2.19. The third-order valence-corrected chi connectivity index (χ3v) is 11.0. The summed E-state index contributed by atoms with van der Waals surface area (Å²) in [6, 6.07) is 18.5. The zero-order valence-corrected chi connectivity index (χ0v) is 31.0. The van der Waals surface area contributed by atoms with E-state index in [4.69, 9.17) is 0 Å². The number of aromatic nitrogens is 2. The van der Waals surface area contributed by atoms with Gasteiger partial charge in [0.25, 0.3) is 11.8 Å². The molecule has 8 rings (SSSR count). The average Bonchev–Trinajstić information content (AvgIpc) is 3.97. The Kier molecular flexibility index (Phi) is 11.2. The first kappa shape index (κ1) is 39.7. The number of amides is 2. The lowest BCUT2D eigenvalue weighted by molar-refractivity contribution is -0.274. The van der Waals surface area contributed by atoms with Crippen LogP contribution in [0.2, 0.25) is 0 Å². The number of anilines is 2. The Morgan fingerprint density at radius 1 is 0.667 bits per heavy atom. The summed E-state index contributed by atoms with van der Waals surface area (Å²) in [6.45, 7) is 1.32. The SMILES string of the molecule is O=C(c1ccccc1C(F)(F)F)N1CC[C@@H](Nc2nc3ccc(F)cc3s2)C1.O=C(c1ccccc1OC(F)(F)F)N1CC[C@@H](Nc2nc3ccc(F)cc3s2)C1. The summed E-state index contributed by atoms with van der Waals surface area (Å²) in [4.78, 5) is 37.0. The molecule has 298 valence electrons. The molecule has 4 aromatic carbocycles. The van der Waals surface area contributed by atoms with Crippen LogP contribution in [0, 0.1) is 11.6 Å². The van der Waals surface area contributed by atoms with E-state index >= 15 is 0 Å². The monoisotopic (exact) mass is 834 g/mol. The standard InChI is InChI=1S/C19H15F4N3O2S.C19H15F4N3OS/c20-11-5-6-14-16(9-11)29-18(25-14)24-12-7-8-26(10-12)17(27)13-3-1-2-4-15(13)28-19(21,22)23;20-11-5-6-15-16(9-11)28-18(25-15)24-12-7-8-26(10-12)17(27)13-3-1-2-4-14(13)19(21,22)23/h1-6,9,12H,7-8,10H2,(H,24,25);1-6,9,12H,7-8,10H2,(H,24,25)/t2*12-/m11/s1. The van der Waals surface area contributed by atoms with Gasteiger partial charge < -0.3 is 25.2 Å². The molecule has 6 aromatic rings. The van der Waals surface area contributed by atoms with Crippen LogP contribution >= 0.6 is 22.7 Å². The lowest BCUT2D eigenvalue weighted by Crippen LogP contribution is -2.32. The highest BCUT2D eigenvalue weighted by Gasteiger charge is 2.38. The zero-order valence-electron chi connectivity index (χ0n) is 29.3. The molecule has 2 saturated heterocycles. The van der Waals surface area contributed by atoms with Gasteiger partial charge in [0.1, 0.15) is 17.4 Å². The second-order valence-electron chi connectivity index (χ2n) is 13.1. The lowest BCUT2D eigenvalue weighted by atomic mass is 10.1. The summed E-state index contributed by atoms with van der Waals surface area (Å²) >= 11 is 2.60. The molecule has 2 aliphatic rings. The van der Waals surface area contributed by atoms with Crippen LogP contribution in [0.1, 0.15) is 39.1 Å². The van der Waals surface area contributed by atoms with Crippen LogP contribution in [-0.2, 0) is 6.18 Å². The zero-order chi connectivity index (χ0) is 40.5. The molecule has 0 radical (unpaired) electrons. The smallest absolute Gasteiger partial charge is 0.405 e. The van der Waals surface area contributed by atoms with E-state index < -0.39 is 35.7 Å². The molecule has 2 N–H and O–H groups in total. The average molecular weight is 835 g/mol. The number of hydrogen-bond donors (Lipinski definition) is 2. The minimum absolute atomic E-state index is 0.111. The van der Waals surface area contributed by atoms with Crippen molar-refractivity contribution in [2.45, 2.75) is 37.5 Å². The summed E-state index contributed by atoms with van der Waals surface area (Å²) in [7, 11) is 0. The molecular weight excluding hydrogens is 805 g/mol. The number of carbonyl (C=O) groups excluding carboxylic acids is 2. The van der Waals surface area contributed by atoms with Crippen LogP contribution in [0.25, 0.3) is 20.4 Å². The molecule has 2 aliphatic heterocycles. The Balaban J connectivity index is 0.000000174. The largest absolute Gasteiger partial charge is 0.573 e. The Morgan fingerprint density at radius 2 is 1.14 bits per heavy atom. The number of likely N-dealkylation sites (tertiary alicyclic amines) is 2. The fraction of sp³-hybridized carbons (Fsp3) is 0.263. The molecule has 0 saturated carbocycles. The topological polar surface area (TPSA) is 99.7 Å². The van der Waals surface area contributed by atoms with Gasteiger partial charge in [0.2, 0.25) is 0 Å². The van der Waals surface area contributed by atoms with Crippen molar-refractivity contribution in [3.63, 3.8) is 0 Å². The van der Waals surface area contributed by atoms with E-state index in [0.717, 1.165) is 12.1 Å². The number of fused-ring (bicyclic) bond motifs is 2. The molecule has 19 heteroatoms. The van der Waals surface area contributed by atoms with E-state index in [1.165, 1.54) is 93.1 Å². The number of benzene rings is 4. The predicted molar refractivity (Wildman–Crippen MR) is 200 cm³/mol. The van der Waals surface area contributed by atoms with Gasteiger partial charge in [0, 0.05) is 38.3 Å². The maximum absolute atomic E-state index is 13.3. The van der Waals surface area contributed by atoms with Crippen LogP contribution in [0.15, 0.2) is 84.9 Å². The number of para-hydroxylation sites is 1. The molecule has 0 bridgehead atoms. The number of carbonyl (C=O) groups is 2. The van der Waals surface area contributed by atoms with Gasteiger partial charge in [-0.05, 0) is 73.5 Å². The van der Waals surface area contributed by atoms with Gasteiger partial charge in [-0.1, -0.05) is 46.9 Å². The fourth-order valence-corrected chi connectivity index (χ4v) is 8.44. The second kappa shape index (κ2) is 16.1. The minimum atomic E-state index is -4.88. The minimum Gasteiger partial charge on any atom is -0.405 e. The number of hydrogen-bond acceptors (Lipinski definition) is 9. The third kappa shape index (κ3) is 9.53. The van der Waals surface area contributed by atoms with Crippen molar-refractivity contribution in [1.82, 2.24) is 19.8 Å². The summed E-state index contributed by atoms with van der Waals surface area (Å²) in [5.41, 5.74) is -0.0707. The third-order valence-electron chi connectivity index (χ3n) is 9.11. The van der Waals surface area contributed by atoms with E-state index in [1.807, 2.05) is 0 Å². The predicted octanol–water partition coefficient (Wildman–Crippen LogP) is 9.44. The van der Waals surface area contributed by atoms with Crippen LogP contribution in [0.3, 0.4) is 0 Å². The molecule has 4 heterocycles. The van der Waals surface area contributed by atoms with Gasteiger partial charge in [-0.3, -0.25) is 9.59 Å². The molecule has 2 aromatic heterocycles. The van der Waals surface area contributed by atoms with Gasteiger partial charge in [-0.2, -0.15) is 13.2 Å². The van der Waals surface area contributed by atoms with Crippen molar-refractivity contribution < 1.29 is 49.4 Å². The van der Waals surface area contributed by atoms with Crippen molar-refractivity contribution in [2.75, 3.05) is 36.8 Å². The van der Waals surface area contributed by atoms with E-state index in [9.17, 15) is 44.7 Å². The number of rotatable bonds is 7. The summed E-state index contributed by atoms with van der Waals surface area (Å²) in [5.74, 6) is -2.37. The Hall–Kier alpha value is -5.56. The van der Waals surface area contributed by atoms with Gasteiger partial charge in [-0.15, -0.1) is 13.2 Å². The van der Waals surface area contributed by atoms with Crippen LogP contribution in [0.5, 0.6) is 5.75 Å². The van der Waals surface area contributed by atoms with Crippen molar-refractivity contribution in [3.8, 4) is 5.75 Å². The van der Waals surface area contributed by atoms with Crippen LogP contribution < -0.4 is 15.4 Å². The molecular formula is C38H30F8N6O3S2. The molecule has 9 nitrogen and oxygen atoms in total. The fourth-order valence-electron chi connectivity index (χ4n) is 6.51. The first-order valence-corrected chi connectivity index (χ1v) is 19.0. The number of nitrogens with zero attached hydrogens (tertiary/aromatic N) is 4. The van der Waals surface area contributed by atoms with E-state index in [1.54, 1.807) is 12.1 Å². The normalized spacial score (nSPS) is 17.1. The van der Waals surface area contributed by atoms with Crippen molar-refractivity contribution in [3.05, 3.63) is 113 Å². The van der Waals surface area contributed by atoms with Crippen molar-refractivity contribution in [2.24, 2.45) is 0 Å². The van der Waals surface area contributed by atoms with Crippen LogP contribution in [0.4, 0.5) is 45.4 Å². The molecule has 2 fully saturated rings. The van der Waals surface area contributed by atoms with E-state index in [2.05, 4.69) is 25.3 Å². The van der Waals surface area contributed by atoms with Crippen LogP contribution in [-0.4, -0.2) is 76.2 Å². The van der Waals surface area contributed by atoms with Crippen molar-refractivity contribution >= 4 is 65.2 Å². The van der Waals surface area contributed by atoms with Gasteiger partial charge >= 0.3 is 12.5 Å². The van der Waals surface area contributed by atoms with Gasteiger partial charge in [0.05, 0.1) is 37.1 Å². The molecule has 2 amide bonds. The van der Waals surface area contributed by atoms with E-state index in [-0.39, 0.29) is 41.4 Å². The summed E-state index contributed by atoms with van der Waals surface area (Å²) in [5, 5.41) is 7.61. The highest BCUT2D eigenvalue weighted by molar-refractivity contribution is 7.22. The highest BCUT2D eigenvalue weighted by atomic mass is 32.1. The van der Waals surface area contributed by atoms with E-state index in [0.29, 0.717) is 63.2 Å². The molecule has 0 spiro atoms. The van der Waals surface area contributed by atoms with Crippen molar-refractivity contribution in [1.29, 1.82) is 0 Å². The quantitative estimate of drug-likeness (QED) is 0.155. The maximum Gasteiger partial charge on any atom is 0.573 e. The number of alkyl halides is 6. The Bertz CT molecular complexity index is 2420. The number of nitrogens with one attached hydrogen (secondary N) is 2. The van der Waals surface area contributed by atoms with Gasteiger partial charge in [0.15, 0.2) is 10.3 Å². The molecule has 0 aliphatic carbocycles. The summed E-state index contributed by atoms with van der Waals surface area (Å²) in [6.07, 6.45) is -8.26. The maximum atomic E-state index is 13.3. The first-order chi connectivity index (χ1) is 27.1. The summed E-state index contributed by atoms with van der Waals surface area (Å²) < 4.78 is 109. The number of halogens is 8.